The first-order valence-electron chi connectivity index (χ1n) is 4.02. The average molecular weight is 169 g/mol. The summed E-state index contributed by atoms with van der Waals surface area (Å²) in [7, 11) is 0. The van der Waals surface area contributed by atoms with Gasteiger partial charge in [-0.2, -0.15) is 0 Å². The minimum absolute atomic E-state index is 0.208. The van der Waals surface area contributed by atoms with Crippen molar-refractivity contribution in [2.75, 3.05) is 0 Å². The molecule has 12 heavy (non-hydrogen) atoms. The third-order valence-electron chi connectivity index (χ3n) is 1.37. The summed E-state index contributed by atoms with van der Waals surface area (Å²) in [5, 5.41) is 8.71. The van der Waals surface area contributed by atoms with Gasteiger partial charge in [0.05, 0.1) is 5.57 Å². The Morgan fingerprint density at radius 3 is 2.17 bits per heavy atom. The molecule has 0 aromatic heterocycles. The highest BCUT2D eigenvalue weighted by atomic mass is 16.4. The number of rotatable bonds is 4. The minimum atomic E-state index is -0.959. The van der Waals surface area contributed by atoms with Crippen molar-refractivity contribution in [2.45, 2.75) is 26.7 Å². The van der Waals surface area contributed by atoms with Crippen molar-refractivity contribution in [3.63, 3.8) is 0 Å². The molecule has 0 amide bonds. The molecule has 3 nitrogen and oxygen atoms in total. The lowest BCUT2D eigenvalue weighted by Gasteiger charge is -2.00. The van der Waals surface area contributed by atoms with E-state index in [2.05, 4.69) is 0 Å². The number of hydrogen-bond acceptors (Lipinski definition) is 2. The first-order chi connectivity index (χ1) is 5.63. The van der Waals surface area contributed by atoms with Gasteiger partial charge >= 0.3 is 5.97 Å². The molecule has 0 aromatic rings. The van der Waals surface area contributed by atoms with Crippen LogP contribution in [0.25, 0.3) is 0 Å². The summed E-state index contributed by atoms with van der Waals surface area (Å²) >= 11 is 0. The standard InChI is InChI=1S/C9H15NO2/c1-3-5-7(9(11)12)8(10)6-4-2/h5-6H,3-4,10H2,1-2H3,(H,11,12). The van der Waals surface area contributed by atoms with E-state index in [1.54, 1.807) is 12.2 Å². The molecule has 0 atom stereocenters. The Labute approximate surface area is 72.6 Å². The summed E-state index contributed by atoms with van der Waals surface area (Å²) in [6.45, 7) is 3.79. The number of carboxylic acid groups (broad SMARTS) is 1. The Morgan fingerprint density at radius 1 is 1.33 bits per heavy atom. The smallest absolute Gasteiger partial charge is 0.337 e. The molecule has 0 unspecified atom stereocenters. The zero-order valence-corrected chi connectivity index (χ0v) is 7.50. The number of nitrogens with two attached hydrogens (primary N) is 1. The van der Waals surface area contributed by atoms with Gasteiger partial charge in [0.2, 0.25) is 0 Å². The van der Waals surface area contributed by atoms with Crippen LogP contribution in [0.5, 0.6) is 0 Å². The van der Waals surface area contributed by atoms with Gasteiger partial charge in [0.1, 0.15) is 0 Å². The van der Waals surface area contributed by atoms with Crippen LogP contribution >= 0.6 is 0 Å². The molecule has 0 fully saturated rings. The third kappa shape index (κ3) is 3.23. The van der Waals surface area contributed by atoms with Crippen molar-refractivity contribution in [1.29, 1.82) is 0 Å². The van der Waals surface area contributed by atoms with E-state index in [1.165, 1.54) is 0 Å². The van der Waals surface area contributed by atoms with Crippen LogP contribution in [0.3, 0.4) is 0 Å². The Bertz CT molecular complexity index is 217. The molecule has 3 heteroatoms. The second-order valence-corrected chi connectivity index (χ2v) is 2.40. The van der Waals surface area contributed by atoms with Crippen LogP contribution in [0.2, 0.25) is 0 Å². The quantitative estimate of drug-likeness (QED) is 0.497. The largest absolute Gasteiger partial charge is 0.478 e. The molecule has 0 saturated carbocycles. The monoisotopic (exact) mass is 169 g/mol. The van der Waals surface area contributed by atoms with Gasteiger partial charge in [-0.15, -0.1) is 0 Å². The lowest BCUT2D eigenvalue weighted by atomic mass is 10.1. The van der Waals surface area contributed by atoms with Crippen molar-refractivity contribution in [2.24, 2.45) is 5.73 Å². The average Bonchev–Trinajstić information content (AvgIpc) is 1.99. The predicted octanol–water partition coefficient (Wildman–Crippen LogP) is 1.66. The van der Waals surface area contributed by atoms with Gasteiger partial charge < -0.3 is 10.8 Å². The fourth-order valence-corrected chi connectivity index (χ4v) is 0.863. The van der Waals surface area contributed by atoms with Crippen LogP contribution in [0.4, 0.5) is 0 Å². The highest BCUT2D eigenvalue weighted by molar-refractivity contribution is 5.91. The van der Waals surface area contributed by atoms with Crippen LogP contribution in [0.1, 0.15) is 26.7 Å². The Kier molecular flexibility index (Phi) is 4.84. The predicted molar refractivity (Wildman–Crippen MR) is 48.6 cm³/mol. The molecular weight excluding hydrogens is 154 g/mol. The van der Waals surface area contributed by atoms with E-state index in [9.17, 15) is 4.79 Å². The van der Waals surface area contributed by atoms with E-state index in [4.69, 9.17) is 10.8 Å². The summed E-state index contributed by atoms with van der Waals surface area (Å²) in [4.78, 5) is 10.6. The van der Waals surface area contributed by atoms with Gasteiger partial charge in [-0.1, -0.05) is 26.0 Å². The van der Waals surface area contributed by atoms with Crippen LogP contribution in [0, 0.1) is 0 Å². The van der Waals surface area contributed by atoms with E-state index >= 15 is 0 Å². The van der Waals surface area contributed by atoms with E-state index in [0.717, 1.165) is 6.42 Å². The van der Waals surface area contributed by atoms with E-state index in [1.807, 2.05) is 13.8 Å². The van der Waals surface area contributed by atoms with Crippen LogP contribution < -0.4 is 5.73 Å². The van der Waals surface area contributed by atoms with Crippen molar-refractivity contribution < 1.29 is 9.90 Å². The molecule has 0 rings (SSSR count). The molecule has 68 valence electrons. The lowest BCUT2D eigenvalue weighted by Crippen LogP contribution is -2.10. The van der Waals surface area contributed by atoms with E-state index < -0.39 is 5.97 Å². The molecule has 0 aliphatic heterocycles. The fraction of sp³-hybridized carbons (Fsp3) is 0.444. The Morgan fingerprint density at radius 2 is 1.83 bits per heavy atom. The van der Waals surface area contributed by atoms with Crippen molar-refractivity contribution in [1.82, 2.24) is 0 Å². The second kappa shape index (κ2) is 5.41. The van der Waals surface area contributed by atoms with Gasteiger partial charge in [0.25, 0.3) is 0 Å². The van der Waals surface area contributed by atoms with Gasteiger partial charge in [0.15, 0.2) is 0 Å². The fourth-order valence-electron chi connectivity index (χ4n) is 0.863. The lowest BCUT2D eigenvalue weighted by molar-refractivity contribution is -0.132. The summed E-state index contributed by atoms with van der Waals surface area (Å²) < 4.78 is 0. The molecule has 0 heterocycles. The first-order valence-corrected chi connectivity index (χ1v) is 4.02. The van der Waals surface area contributed by atoms with E-state index in [0.29, 0.717) is 12.1 Å². The number of hydrogen-bond donors (Lipinski definition) is 2. The summed E-state index contributed by atoms with van der Waals surface area (Å²) in [6, 6.07) is 0. The maximum absolute atomic E-state index is 10.6. The number of carbonyl (C=O) groups is 1. The maximum Gasteiger partial charge on any atom is 0.337 e. The molecule has 3 N–H and O–H groups in total. The number of aliphatic carboxylic acids is 1. The van der Waals surface area contributed by atoms with Gasteiger partial charge in [-0.25, -0.2) is 4.79 Å². The third-order valence-corrected chi connectivity index (χ3v) is 1.37. The van der Waals surface area contributed by atoms with Crippen LogP contribution in [0.15, 0.2) is 23.4 Å². The Balaban J connectivity index is 4.64. The van der Waals surface area contributed by atoms with Crippen LogP contribution in [-0.4, -0.2) is 11.1 Å². The van der Waals surface area contributed by atoms with Gasteiger partial charge in [-0.05, 0) is 12.8 Å². The Hall–Kier alpha value is -1.25. The van der Waals surface area contributed by atoms with E-state index in [-0.39, 0.29) is 5.57 Å². The normalized spacial score (nSPS) is 13.2. The summed E-state index contributed by atoms with van der Waals surface area (Å²) in [5.41, 5.74) is 6.09. The molecule has 0 saturated heterocycles. The number of carboxylic acids is 1. The molecule has 0 aromatic carbocycles. The molecule has 0 spiro atoms. The topological polar surface area (TPSA) is 63.3 Å². The zero-order valence-electron chi connectivity index (χ0n) is 7.50. The second-order valence-electron chi connectivity index (χ2n) is 2.40. The molecule has 0 bridgehead atoms. The zero-order chi connectivity index (χ0) is 9.56. The molecule has 0 aliphatic carbocycles. The first kappa shape index (κ1) is 10.8. The summed E-state index contributed by atoms with van der Waals surface area (Å²) in [6.07, 6.45) is 4.75. The minimum Gasteiger partial charge on any atom is -0.478 e. The van der Waals surface area contributed by atoms with Crippen molar-refractivity contribution >= 4 is 5.97 Å². The van der Waals surface area contributed by atoms with Crippen molar-refractivity contribution in [3.05, 3.63) is 23.4 Å². The molecule has 0 radical (unpaired) electrons. The van der Waals surface area contributed by atoms with Crippen molar-refractivity contribution in [3.8, 4) is 0 Å². The molecule has 0 aliphatic rings. The SMILES string of the molecule is CCC=C(N)C(=CCC)C(=O)O. The number of allylic oxidation sites excluding steroid dienone is 2. The van der Waals surface area contributed by atoms with Crippen LogP contribution in [-0.2, 0) is 4.79 Å². The summed E-state index contributed by atoms with van der Waals surface area (Å²) in [5.74, 6) is -0.959. The maximum atomic E-state index is 10.6. The highest BCUT2D eigenvalue weighted by Crippen LogP contribution is 2.06. The molecular formula is C9H15NO2. The highest BCUT2D eigenvalue weighted by Gasteiger charge is 2.07. The van der Waals surface area contributed by atoms with Gasteiger partial charge in [0, 0.05) is 5.70 Å². The van der Waals surface area contributed by atoms with Gasteiger partial charge in [-0.3, -0.25) is 0 Å².